The summed E-state index contributed by atoms with van der Waals surface area (Å²) in [5, 5.41) is 3.23. The number of piperidine rings is 1. The van der Waals surface area contributed by atoms with E-state index in [1.165, 1.54) is 7.05 Å². The summed E-state index contributed by atoms with van der Waals surface area (Å²) in [4.78, 5) is -0.760. The highest BCUT2D eigenvalue weighted by molar-refractivity contribution is 7.89. The minimum atomic E-state index is -4.78. The lowest BCUT2D eigenvalue weighted by molar-refractivity contribution is -0.143. The molecule has 1 fully saturated rings. The van der Waals surface area contributed by atoms with Gasteiger partial charge in [0.15, 0.2) is 5.69 Å². The van der Waals surface area contributed by atoms with Crippen LogP contribution < -0.4 is 0 Å². The molecule has 9 heteroatoms. The van der Waals surface area contributed by atoms with Crippen molar-refractivity contribution in [2.45, 2.75) is 30.3 Å². The molecular formula is C10H14F3N3O2S. The van der Waals surface area contributed by atoms with Gasteiger partial charge in [0, 0.05) is 26.3 Å². The molecule has 108 valence electrons. The van der Waals surface area contributed by atoms with Crippen LogP contribution in [0.25, 0.3) is 0 Å². The van der Waals surface area contributed by atoms with Gasteiger partial charge >= 0.3 is 6.18 Å². The first-order valence-electron chi connectivity index (χ1n) is 5.84. The standard InChI is InChI=1S/C10H14F3N3O2S/c1-15-7-8(9(14-15)10(11,12)13)19(17,18)16-5-3-2-4-6-16/h7H,2-6H2,1H3. The molecule has 1 aliphatic rings. The van der Waals surface area contributed by atoms with Gasteiger partial charge in [0.1, 0.15) is 4.90 Å². The molecule has 0 N–H and O–H groups in total. The second kappa shape index (κ2) is 4.78. The zero-order chi connectivity index (χ0) is 14.3. The largest absolute Gasteiger partial charge is 0.436 e. The average molecular weight is 297 g/mol. The Balaban J connectivity index is 2.45. The molecule has 0 radical (unpaired) electrons. The van der Waals surface area contributed by atoms with Crippen molar-refractivity contribution in [1.82, 2.24) is 14.1 Å². The molecule has 19 heavy (non-hydrogen) atoms. The Morgan fingerprint density at radius 3 is 2.32 bits per heavy atom. The molecule has 1 aliphatic heterocycles. The Morgan fingerprint density at radius 1 is 1.21 bits per heavy atom. The van der Waals surface area contributed by atoms with Crippen LogP contribution >= 0.6 is 0 Å². The van der Waals surface area contributed by atoms with Crippen molar-refractivity contribution in [2.24, 2.45) is 7.05 Å². The zero-order valence-electron chi connectivity index (χ0n) is 10.3. The van der Waals surface area contributed by atoms with Gasteiger partial charge in [-0.1, -0.05) is 6.42 Å². The van der Waals surface area contributed by atoms with Crippen molar-refractivity contribution in [3.05, 3.63) is 11.9 Å². The average Bonchev–Trinajstić information content (AvgIpc) is 2.73. The fourth-order valence-electron chi connectivity index (χ4n) is 2.10. The highest BCUT2D eigenvalue weighted by Crippen LogP contribution is 2.34. The van der Waals surface area contributed by atoms with Crippen molar-refractivity contribution < 1.29 is 21.6 Å². The van der Waals surface area contributed by atoms with Crippen molar-refractivity contribution in [2.75, 3.05) is 13.1 Å². The highest BCUT2D eigenvalue weighted by Gasteiger charge is 2.42. The molecule has 2 heterocycles. The van der Waals surface area contributed by atoms with E-state index in [9.17, 15) is 21.6 Å². The predicted molar refractivity (Wildman–Crippen MR) is 60.8 cm³/mol. The Morgan fingerprint density at radius 2 is 1.79 bits per heavy atom. The first-order valence-corrected chi connectivity index (χ1v) is 7.28. The minimum absolute atomic E-state index is 0.258. The summed E-state index contributed by atoms with van der Waals surface area (Å²) in [5.74, 6) is 0. The number of aryl methyl sites for hydroxylation is 1. The maximum absolute atomic E-state index is 12.8. The SMILES string of the molecule is Cn1cc(S(=O)(=O)N2CCCCC2)c(C(F)(F)F)n1. The number of sulfonamides is 1. The lowest BCUT2D eigenvalue weighted by Gasteiger charge is -2.25. The van der Waals surface area contributed by atoms with Crippen LogP contribution in [0.1, 0.15) is 25.0 Å². The van der Waals surface area contributed by atoms with E-state index in [4.69, 9.17) is 0 Å². The Kier molecular flexibility index (Phi) is 3.61. The number of aromatic nitrogens is 2. The summed E-state index contributed by atoms with van der Waals surface area (Å²) in [6, 6.07) is 0. The lowest BCUT2D eigenvalue weighted by atomic mass is 10.2. The summed E-state index contributed by atoms with van der Waals surface area (Å²) >= 11 is 0. The summed E-state index contributed by atoms with van der Waals surface area (Å²) in [7, 11) is -2.86. The molecule has 0 unspecified atom stereocenters. The molecule has 1 aromatic rings. The van der Waals surface area contributed by atoms with E-state index in [-0.39, 0.29) is 13.1 Å². The third kappa shape index (κ3) is 2.76. The number of halogens is 3. The van der Waals surface area contributed by atoms with E-state index in [2.05, 4.69) is 5.10 Å². The number of rotatable bonds is 2. The van der Waals surface area contributed by atoms with Gasteiger partial charge in [0.05, 0.1) is 0 Å². The smallest absolute Gasteiger partial charge is 0.274 e. The minimum Gasteiger partial charge on any atom is -0.274 e. The number of hydrogen-bond donors (Lipinski definition) is 0. The molecule has 0 atom stereocenters. The summed E-state index contributed by atoms with van der Waals surface area (Å²) < 4.78 is 64.9. The van der Waals surface area contributed by atoms with Crippen LogP contribution in [0.2, 0.25) is 0 Å². The summed E-state index contributed by atoms with van der Waals surface area (Å²) in [6.07, 6.45) is -1.64. The number of alkyl halides is 3. The topological polar surface area (TPSA) is 55.2 Å². The van der Waals surface area contributed by atoms with Crippen LogP contribution in [-0.2, 0) is 23.2 Å². The van der Waals surface area contributed by atoms with Gasteiger partial charge in [-0.2, -0.15) is 22.6 Å². The van der Waals surface area contributed by atoms with E-state index >= 15 is 0 Å². The van der Waals surface area contributed by atoms with Crippen LogP contribution in [0, 0.1) is 0 Å². The molecule has 5 nitrogen and oxygen atoms in total. The monoisotopic (exact) mass is 297 g/mol. The molecule has 0 saturated carbocycles. The maximum Gasteiger partial charge on any atom is 0.436 e. The van der Waals surface area contributed by atoms with Crippen LogP contribution in [0.4, 0.5) is 13.2 Å². The highest BCUT2D eigenvalue weighted by atomic mass is 32.2. The van der Waals surface area contributed by atoms with Crippen molar-refractivity contribution in [3.8, 4) is 0 Å². The predicted octanol–water partition coefficient (Wildman–Crippen LogP) is 1.61. The third-order valence-electron chi connectivity index (χ3n) is 3.00. The molecule has 0 bridgehead atoms. The summed E-state index contributed by atoms with van der Waals surface area (Å²) in [6.45, 7) is 0.517. The van der Waals surface area contributed by atoms with Gasteiger partial charge in [0.2, 0.25) is 10.0 Å². The normalized spacial score (nSPS) is 18.7. The quantitative estimate of drug-likeness (QED) is 0.833. The second-order valence-corrected chi connectivity index (χ2v) is 6.38. The second-order valence-electron chi connectivity index (χ2n) is 4.48. The summed E-state index contributed by atoms with van der Waals surface area (Å²) in [5.41, 5.74) is -1.35. The fourth-order valence-corrected chi connectivity index (χ4v) is 3.80. The van der Waals surface area contributed by atoms with Crippen molar-refractivity contribution in [3.63, 3.8) is 0 Å². The van der Waals surface area contributed by atoms with Crippen molar-refractivity contribution >= 4 is 10.0 Å². The van der Waals surface area contributed by atoms with E-state index in [1.54, 1.807) is 0 Å². The molecule has 0 spiro atoms. The molecule has 0 aliphatic carbocycles. The number of hydrogen-bond acceptors (Lipinski definition) is 3. The van der Waals surface area contributed by atoms with E-state index in [0.29, 0.717) is 12.8 Å². The Hall–Kier alpha value is -1.09. The van der Waals surface area contributed by atoms with Gasteiger partial charge in [-0.05, 0) is 12.8 Å². The Bertz CT molecular complexity index is 559. The fraction of sp³-hybridized carbons (Fsp3) is 0.700. The lowest BCUT2D eigenvalue weighted by Crippen LogP contribution is -2.36. The molecule has 1 saturated heterocycles. The zero-order valence-corrected chi connectivity index (χ0v) is 11.1. The van der Waals surface area contributed by atoms with Gasteiger partial charge in [-0.15, -0.1) is 0 Å². The van der Waals surface area contributed by atoms with Crippen LogP contribution in [0.5, 0.6) is 0 Å². The first-order chi connectivity index (χ1) is 8.73. The molecular weight excluding hydrogens is 283 g/mol. The van der Waals surface area contributed by atoms with Gasteiger partial charge in [-0.25, -0.2) is 8.42 Å². The van der Waals surface area contributed by atoms with Gasteiger partial charge in [0.25, 0.3) is 0 Å². The van der Waals surface area contributed by atoms with Gasteiger partial charge in [-0.3, -0.25) is 4.68 Å². The van der Waals surface area contributed by atoms with Crippen LogP contribution in [0.15, 0.2) is 11.1 Å². The number of nitrogens with zero attached hydrogens (tertiary/aromatic N) is 3. The van der Waals surface area contributed by atoms with Crippen molar-refractivity contribution in [1.29, 1.82) is 0 Å². The van der Waals surface area contributed by atoms with Crippen LogP contribution in [0.3, 0.4) is 0 Å². The molecule has 0 amide bonds. The molecule has 0 aromatic carbocycles. The molecule has 1 aromatic heterocycles. The third-order valence-corrected chi connectivity index (χ3v) is 4.90. The van der Waals surface area contributed by atoms with Gasteiger partial charge < -0.3 is 0 Å². The van der Waals surface area contributed by atoms with E-state index in [0.717, 1.165) is 21.6 Å². The maximum atomic E-state index is 12.8. The van der Waals surface area contributed by atoms with E-state index in [1.807, 2.05) is 0 Å². The Labute approximate surface area is 109 Å². The molecule has 2 rings (SSSR count). The first kappa shape index (κ1) is 14.3. The van der Waals surface area contributed by atoms with Crippen LogP contribution in [-0.4, -0.2) is 35.6 Å². The van der Waals surface area contributed by atoms with E-state index < -0.39 is 26.8 Å².